The van der Waals surface area contributed by atoms with E-state index in [4.69, 9.17) is 16.0 Å². The molecule has 4 rings (SSSR count). The Balaban J connectivity index is 1.27. The number of carbonyl (C=O) groups is 1. The van der Waals surface area contributed by atoms with E-state index in [2.05, 4.69) is 22.4 Å². The number of nitrogens with one attached hydrogen (secondary N) is 1. The Morgan fingerprint density at radius 2 is 2.12 bits per heavy atom. The summed E-state index contributed by atoms with van der Waals surface area (Å²) in [6.45, 7) is 2.14. The molecule has 2 aromatic rings. The van der Waals surface area contributed by atoms with E-state index in [1.807, 2.05) is 12.1 Å². The Morgan fingerprint density at radius 1 is 1.31 bits per heavy atom. The van der Waals surface area contributed by atoms with Gasteiger partial charge in [-0.1, -0.05) is 29.8 Å². The number of benzene rings is 1. The molecular weight excluding hydrogens is 370 g/mol. The van der Waals surface area contributed by atoms with Crippen molar-refractivity contribution in [3.63, 3.8) is 0 Å². The predicted octanol–water partition coefficient (Wildman–Crippen LogP) is 4.42. The molecule has 0 radical (unpaired) electrons. The van der Waals surface area contributed by atoms with E-state index in [-0.39, 0.29) is 17.7 Å². The molecule has 1 aromatic heterocycles. The lowest BCUT2D eigenvalue weighted by Gasteiger charge is -2.28. The molecular formula is C19H22ClN3O2S. The lowest BCUT2D eigenvalue weighted by molar-refractivity contribution is -0.119. The summed E-state index contributed by atoms with van der Waals surface area (Å²) in [5.74, 6) is 3.08. The summed E-state index contributed by atoms with van der Waals surface area (Å²) in [5.41, 5.74) is 0.808. The van der Waals surface area contributed by atoms with Gasteiger partial charge in [-0.3, -0.25) is 4.79 Å². The van der Waals surface area contributed by atoms with Crippen LogP contribution in [0.25, 0.3) is 11.5 Å². The van der Waals surface area contributed by atoms with E-state index in [1.165, 1.54) is 37.4 Å². The van der Waals surface area contributed by atoms with Crippen molar-refractivity contribution in [1.29, 1.82) is 0 Å². The van der Waals surface area contributed by atoms with Crippen molar-refractivity contribution in [2.75, 3.05) is 5.75 Å². The molecule has 2 aliphatic rings. The van der Waals surface area contributed by atoms with Crippen LogP contribution in [0.15, 0.2) is 33.9 Å². The van der Waals surface area contributed by atoms with Gasteiger partial charge in [0, 0.05) is 16.6 Å². The van der Waals surface area contributed by atoms with E-state index in [9.17, 15) is 4.79 Å². The molecule has 0 spiro atoms. The number of hydrogen-bond donors (Lipinski definition) is 1. The Hall–Kier alpha value is -1.53. The second-order valence-electron chi connectivity index (χ2n) is 7.36. The zero-order valence-electron chi connectivity index (χ0n) is 14.7. The van der Waals surface area contributed by atoms with Gasteiger partial charge in [0.1, 0.15) is 0 Å². The van der Waals surface area contributed by atoms with Crippen LogP contribution in [-0.2, 0) is 4.79 Å². The fraction of sp³-hybridized carbons (Fsp3) is 0.526. The van der Waals surface area contributed by atoms with Crippen LogP contribution in [-0.4, -0.2) is 27.9 Å². The summed E-state index contributed by atoms with van der Waals surface area (Å²) in [6, 6.07) is 7.45. The number of rotatable bonds is 6. The summed E-state index contributed by atoms with van der Waals surface area (Å²) in [5, 5.41) is 12.3. The number of fused-ring (bicyclic) bond motifs is 2. The maximum Gasteiger partial charge on any atom is 0.277 e. The Bertz CT molecular complexity index is 779. The average Bonchev–Trinajstić information content (AvgIpc) is 3.37. The second kappa shape index (κ2) is 7.61. The van der Waals surface area contributed by atoms with Gasteiger partial charge < -0.3 is 9.73 Å². The lowest BCUT2D eigenvalue weighted by atomic mass is 9.84. The molecule has 0 aliphatic heterocycles. The van der Waals surface area contributed by atoms with Gasteiger partial charge in [-0.2, -0.15) is 0 Å². The third-order valence-electron chi connectivity index (χ3n) is 5.65. The van der Waals surface area contributed by atoms with Gasteiger partial charge in [-0.05, 0) is 68.2 Å². The summed E-state index contributed by atoms with van der Waals surface area (Å²) < 4.78 is 5.62. The van der Waals surface area contributed by atoms with Crippen molar-refractivity contribution >= 4 is 29.3 Å². The number of nitrogens with zero attached hydrogens (tertiary/aromatic N) is 2. The number of hydrogen-bond acceptors (Lipinski definition) is 5. The molecule has 5 nitrogen and oxygen atoms in total. The smallest absolute Gasteiger partial charge is 0.277 e. The number of thioether (sulfide) groups is 1. The lowest BCUT2D eigenvalue weighted by Crippen LogP contribution is -2.40. The van der Waals surface area contributed by atoms with Crippen LogP contribution in [0, 0.1) is 17.8 Å². The number of amides is 1. The molecule has 7 heteroatoms. The topological polar surface area (TPSA) is 68.0 Å². The van der Waals surface area contributed by atoms with Gasteiger partial charge in [-0.15, -0.1) is 10.2 Å². The maximum atomic E-state index is 12.3. The van der Waals surface area contributed by atoms with Crippen LogP contribution in [0.3, 0.4) is 0 Å². The molecule has 4 atom stereocenters. The van der Waals surface area contributed by atoms with Gasteiger partial charge in [0.15, 0.2) is 0 Å². The van der Waals surface area contributed by atoms with E-state index >= 15 is 0 Å². The molecule has 2 aliphatic carbocycles. The summed E-state index contributed by atoms with van der Waals surface area (Å²) in [7, 11) is 0. The molecule has 0 saturated heterocycles. The number of aromatic nitrogens is 2. The van der Waals surface area contributed by atoms with Crippen molar-refractivity contribution in [1.82, 2.24) is 15.5 Å². The van der Waals surface area contributed by atoms with Crippen molar-refractivity contribution < 1.29 is 9.21 Å². The fourth-order valence-electron chi connectivity index (χ4n) is 4.41. The number of carbonyl (C=O) groups excluding carboxylic acids is 1. The largest absolute Gasteiger partial charge is 0.411 e. The minimum atomic E-state index is 0.0246. The van der Waals surface area contributed by atoms with E-state index in [0.29, 0.717) is 22.1 Å². The molecule has 2 saturated carbocycles. The SMILES string of the molecule is C[C@@H](NC(=O)CSc1nnc(-c2ccc(Cl)cc2)o1)[C@@H]1C[C@H]2CC[C@H]1C2. The first-order valence-electron chi connectivity index (χ1n) is 9.10. The zero-order valence-corrected chi connectivity index (χ0v) is 16.2. The molecule has 26 heavy (non-hydrogen) atoms. The molecule has 2 bridgehead atoms. The normalized spacial score (nSPS) is 25.4. The Morgan fingerprint density at radius 3 is 2.81 bits per heavy atom. The number of halogens is 1. The molecule has 2 fully saturated rings. The highest BCUT2D eigenvalue weighted by atomic mass is 35.5. The van der Waals surface area contributed by atoms with Gasteiger partial charge in [0.05, 0.1) is 5.75 Å². The van der Waals surface area contributed by atoms with Gasteiger partial charge >= 0.3 is 0 Å². The van der Waals surface area contributed by atoms with Gasteiger partial charge in [0.2, 0.25) is 11.8 Å². The molecule has 1 aromatic carbocycles. The van der Waals surface area contributed by atoms with Crippen LogP contribution >= 0.6 is 23.4 Å². The average molecular weight is 392 g/mol. The standard InChI is InChI=1S/C19H22ClN3O2S/c1-11(16-9-12-2-3-14(16)8-12)21-17(24)10-26-19-23-22-18(25-19)13-4-6-15(20)7-5-13/h4-7,11-12,14,16H,2-3,8-10H2,1H3,(H,21,24)/t11-,12+,14+,16+/m1/s1. The highest BCUT2D eigenvalue weighted by Crippen LogP contribution is 2.49. The highest BCUT2D eigenvalue weighted by molar-refractivity contribution is 7.99. The van der Waals surface area contributed by atoms with Crippen molar-refractivity contribution in [2.45, 2.75) is 43.9 Å². The van der Waals surface area contributed by atoms with E-state index < -0.39 is 0 Å². The molecule has 0 unspecified atom stereocenters. The van der Waals surface area contributed by atoms with Crippen molar-refractivity contribution in [2.24, 2.45) is 17.8 Å². The van der Waals surface area contributed by atoms with Crippen LogP contribution < -0.4 is 5.32 Å². The minimum Gasteiger partial charge on any atom is -0.411 e. The second-order valence-corrected chi connectivity index (χ2v) is 8.73. The Labute approximate surface area is 162 Å². The summed E-state index contributed by atoms with van der Waals surface area (Å²) >= 11 is 7.15. The van der Waals surface area contributed by atoms with Crippen LogP contribution in [0.5, 0.6) is 0 Å². The monoisotopic (exact) mass is 391 g/mol. The molecule has 1 heterocycles. The zero-order chi connectivity index (χ0) is 18.1. The third-order valence-corrected chi connectivity index (χ3v) is 6.72. The molecule has 1 N–H and O–H groups in total. The maximum absolute atomic E-state index is 12.3. The first-order chi connectivity index (χ1) is 12.6. The third kappa shape index (κ3) is 3.91. The summed E-state index contributed by atoms with van der Waals surface area (Å²) in [6.07, 6.45) is 5.34. The molecule has 138 valence electrons. The van der Waals surface area contributed by atoms with Gasteiger partial charge in [0.25, 0.3) is 5.22 Å². The van der Waals surface area contributed by atoms with Crippen molar-refractivity contribution in [3.05, 3.63) is 29.3 Å². The van der Waals surface area contributed by atoms with Gasteiger partial charge in [-0.25, -0.2) is 0 Å². The quantitative estimate of drug-likeness (QED) is 0.738. The Kier molecular flexibility index (Phi) is 5.23. The van der Waals surface area contributed by atoms with Crippen LogP contribution in [0.4, 0.5) is 0 Å². The van der Waals surface area contributed by atoms with Crippen molar-refractivity contribution in [3.8, 4) is 11.5 Å². The van der Waals surface area contributed by atoms with Crippen LogP contribution in [0.1, 0.15) is 32.6 Å². The van der Waals surface area contributed by atoms with E-state index in [1.54, 1.807) is 12.1 Å². The van der Waals surface area contributed by atoms with E-state index in [0.717, 1.165) is 17.4 Å². The molecule has 1 amide bonds. The summed E-state index contributed by atoms with van der Waals surface area (Å²) in [4.78, 5) is 12.3. The first-order valence-corrected chi connectivity index (χ1v) is 10.5. The minimum absolute atomic E-state index is 0.0246. The van der Waals surface area contributed by atoms with Crippen LogP contribution in [0.2, 0.25) is 5.02 Å². The fourth-order valence-corrected chi connectivity index (χ4v) is 5.11. The highest BCUT2D eigenvalue weighted by Gasteiger charge is 2.42. The first kappa shape index (κ1) is 17.9. The predicted molar refractivity (Wildman–Crippen MR) is 102 cm³/mol.